The number of aromatic nitrogens is 6. The molecule has 1 aliphatic rings. The Morgan fingerprint density at radius 3 is 2.70 bits per heavy atom. The van der Waals surface area contributed by atoms with E-state index in [2.05, 4.69) is 37.1 Å². The van der Waals surface area contributed by atoms with Crippen LogP contribution in [0.25, 0.3) is 22.1 Å². The standard InChI is InChI=1S/C28H26FN9O2/c1-4-25(39)38-13-11-37(12-14-38)24-10-7-20-27(33-24)28(31-16-30-20)32-19-6-9-23(17(2)26(19)29)40-18-5-8-22-21(15-18)34-35-36(22)3/h4-10,15-16H,1,11-14H2,2-3H3,(H,30,31,32). The van der Waals surface area contributed by atoms with Gasteiger partial charge in [-0.2, -0.15) is 0 Å². The summed E-state index contributed by atoms with van der Waals surface area (Å²) in [6.45, 7) is 7.63. The molecule has 1 N–H and O–H groups in total. The third-order valence-corrected chi connectivity index (χ3v) is 6.96. The first-order valence-corrected chi connectivity index (χ1v) is 12.7. The van der Waals surface area contributed by atoms with Gasteiger partial charge in [-0.05, 0) is 49.4 Å². The van der Waals surface area contributed by atoms with E-state index in [1.165, 1.54) is 12.4 Å². The van der Waals surface area contributed by atoms with Gasteiger partial charge in [0.05, 0.1) is 16.7 Å². The van der Waals surface area contributed by atoms with Crippen molar-refractivity contribution >= 4 is 45.3 Å². The molecule has 5 aromatic rings. The molecule has 6 rings (SSSR count). The Kier molecular flexibility index (Phi) is 6.42. The van der Waals surface area contributed by atoms with Crippen molar-refractivity contribution in [3.05, 3.63) is 72.8 Å². The van der Waals surface area contributed by atoms with Gasteiger partial charge in [0, 0.05) is 44.9 Å². The SMILES string of the molecule is C=CC(=O)N1CCN(c2ccc3ncnc(Nc4ccc(Oc5ccc6c(c5)nnn6C)c(C)c4F)c3n2)CC1. The molecule has 1 aliphatic heterocycles. The summed E-state index contributed by atoms with van der Waals surface area (Å²) in [4.78, 5) is 29.2. The lowest BCUT2D eigenvalue weighted by Crippen LogP contribution is -2.48. The molecule has 2 aromatic carbocycles. The Bertz CT molecular complexity index is 1760. The van der Waals surface area contributed by atoms with Gasteiger partial charge in [-0.3, -0.25) is 4.79 Å². The molecule has 202 valence electrons. The minimum atomic E-state index is -0.469. The van der Waals surface area contributed by atoms with Gasteiger partial charge >= 0.3 is 0 Å². The fraction of sp³-hybridized carbons (Fsp3) is 0.214. The van der Waals surface area contributed by atoms with Crippen LogP contribution in [0, 0.1) is 12.7 Å². The van der Waals surface area contributed by atoms with Gasteiger partial charge in [-0.1, -0.05) is 11.8 Å². The van der Waals surface area contributed by atoms with Crippen LogP contribution in [-0.4, -0.2) is 66.9 Å². The Labute approximate surface area is 228 Å². The lowest BCUT2D eigenvalue weighted by Gasteiger charge is -2.35. The summed E-state index contributed by atoms with van der Waals surface area (Å²) in [6, 6.07) is 12.5. The summed E-state index contributed by atoms with van der Waals surface area (Å²) in [5, 5.41) is 11.2. The smallest absolute Gasteiger partial charge is 0.246 e. The zero-order chi connectivity index (χ0) is 27.8. The van der Waals surface area contributed by atoms with Crippen LogP contribution in [0.5, 0.6) is 11.5 Å². The van der Waals surface area contributed by atoms with Crippen molar-refractivity contribution < 1.29 is 13.9 Å². The number of carbonyl (C=O) groups is 1. The molecule has 0 spiro atoms. The van der Waals surface area contributed by atoms with E-state index < -0.39 is 5.82 Å². The molecule has 12 heteroatoms. The number of carbonyl (C=O) groups excluding carboxylic acids is 1. The number of nitrogens with zero attached hydrogens (tertiary/aromatic N) is 8. The van der Waals surface area contributed by atoms with Crippen LogP contribution in [0.3, 0.4) is 0 Å². The minimum absolute atomic E-state index is 0.0775. The van der Waals surface area contributed by atoms with Crippen LogP contribution in [0.1, 0.15) is 5.56 Å². The van der Waals surface area contributed by atoms with Gasteiger partial charge < -0.3 is 19.9 Å². The number of aryl methyl sites for hydroxylation is 1. The third kappa shape index (κ3) is 4.64. The normalized spacial score (nSPS) is 13.6. The van der Waals surface area contributed by atoms with Crippen LogP contribution < -0.4 is 15.0 Å². The second-order valence-corrected chi connectivity index (χ2v) is 9.42. The Balaban J connectivity index is 1.24. The Morgan fingerprint density at radius 1 is 1.07 bits per heavy atom. The number of nitrogens with one attached hydrogen (secondary N) is 1. The molecule has 0 unspecified atom stereocenters. The number of benzene rings is 2. The summed E-state index contributed by atoms with van der Waals surface area (Å²) < 4.78 is 23.2. The number of amides is 1. The average Bonchev–Trinajstić information content (AvgIpc) is 3.36. The van der Waals surface area contributed by atoms with Gasteiger partial charge in [0.1, 0.15) is 34.7 Å². The van der Waals surface area contributed by atoms with Crippen molar-refractivity contribution in [2.75, 3.05) is 36.4 Å². The van der Waals surface area contributed by atoms with Crippen LogP contribution in [-0.2, 0) is 11.8 Å². The first-order valence-electron chi connectivity index (χ1n) is 12.7. The molecule has 0 aliphatic carbocycles. The highest BCUT2D eigenvalue weighted by molar-refractivity contribution is 5.89. The second kappa shape index (κ2) is 10.2. The molecular weight excluding hydrogens is 513 g/mol. The molecule has 40 heavy (non-hydrogen) atoms. The molecule has 0 bridgehead atoms. The maximum atomic E-state index is 15.5. The van der Waals surface area contributed by atoms with Crippen LogP contribution in [0.2, 0.25) is 0 Å². The molecule has 0 atom stereocenters. The molecule has 3 aromatic heterocycles. The van der Waals surface area contributed by atoms with E-state index in [-0.39, 0.29) is 11.6 Å². The van der Waals surface area contributed by atoms with E-state index in [9.17, 15) is 4.79 Å². The third-order valence-electron chi connectivity index (χ3n) is 6.96. The van der Waals surface area contributed by atoms with Crippen molar-refractivity contribution in [1.82, 2.24) is 34.8 Å². The predicted molar refractivity (Wildman–Crippen MR) is 149 cm³/mol. The van der Waals surface area contributed by atoms with Gasteiger partial charge in [0.25, 0.3) is 0 Å². The summed E-state index contributed by atoms with van der Waals surface area (Å²) in [7, 11) is 1.81. The highest BCUT2D eigenvalue weighted by Crippen LogP contribution is 2.33. The molecule has 11 nitrogen and oxygen atoms in total. The molecule has 1 saturated heterocycles. The maximum Gasteiger partial charge on any atom is 0.246 e. The summed E-state index contributed by atoms with van der Waals surface area (Å²) in [5.74, 6) is 1.48. The van der Waals surface area contributed by atoms with E-state index in [1.807, 2.05) is 25.2 Å². The van der Waals surface area contributed by atoms with Crippen LogP contribution >= 0.6 is 0 Å². The number of fused-ring (bicyclic) bond motifs is 2. The number of hydrogen-bond donors (Lipinski definition) is 1. The Morgan fingerprint density at radius 2 is 1.90 bits per heavy atom. The van der Waals surface area contributed by atoms with E-state index in [0.29, 0.717) is 65.6 Å². The fourth-order valence-corrected chi connectivity index (χ4v) is 4.70. The number of ether oxygens (including phenoxy) is 1. The van der Waals surface area contributed by atoms with Crippen molar-refractivity contribution in [3.63, 3.8) is 0 Å². The highest BCUT2D eigenvalue weighted by atomic mass is 19.1. The molecule has 1 amide bonds. The van der Waals surface area contributed by atoms with Gasteiger partial charge in [-0.15, -0.1) is 5.10 Å². The summed E-state index contributed by atoms with van der Waals surface area (Å²) in [6.07, 6.45) is 2.74. The monoisotopic (exact) mass is 539 g/mol. The van der Waals surface area contributed by atoms with E-state index >= 15 is 4.39 Å². The average molecular weight is 540 g/mol. The molecule has 0 radical (unpaired) electrons. The lowest BCUT2D eigenvalue weighted by atomic mass is 10.1. The number of halogens is 1. The minimum Gasteiger partial charge on any atom is -0.457 e. The predicted octanol–water partition coefficient (Wildman–Crippen LogP) is 4.12. The van der Waals surface area contributed by atoms with Gasteiger partial charge in [0.2, 0.25) is 5.91 Å². The number of rotatable bonds is 6. The topological polar surface area (TPSA) is 114 Å². The van der Waals surface area contributed by atoms with Crippen LogP contribution in [0.15, 0.2) is 61.4 Å². The van der Waals surface area contributed by atoms with E-state index in [4.69, 9.17) is 9.72 Å². The molecular formula is C28H26FN9O2. The van der Waals surface area contributed by atoms with Gasteiger partial charge in [-0.25, -0.2) is 24.0 Å². The number of hydrogen-bond acceptors (Lipinski definition) is 9. The van der Waals surface area contributed by atoms with E-state index in [0.717, 1.165) is 11.3 Å². The molecule has 0 saturated carbocycles. The van der Waals surface area contributed by atoms with Crippen molar-refractivity contribution in [1.29, 1.82) is 0 Å². The first kappa shape index (κ1) is 25.2. The van der Waals surface area contributed by atoms with Crippen molar-refractivity contribution in [3.8, 4) is 11.5 Å². The number of anilines is 3. The zero-order valence-corrected chi connectivity index (χ0v) is 22.0. The second-order valence-electron chi connectivity index (χ2n) is 9.42. The molecule has 4 heterocycles. The van der Waals surface area contributed by atoms with Crippen molar-refractivity contribution in [2.24, 2.45) is 7.05 Å². The summed E-state index contributed by atoms with van der Waals surface area (Å²) >= 11 is 0. The number of piperazine rings is 1. The van der Waals surface area contributed by atoms with Crippen molar-refractivity contribution in [2.45, 2.75) is 6.92 Å². The molecule has 1 fully saturated rings. The maximum absolute atomic E-state index is 15.5. The quantitative estimate of drug-likeness (QED) is 0.318. The van der Waals surface area contributed by atoms with Gasteiger partial charge in [0.15, 0.2) is 11.6 Å². The lowest BCUT2D eigenvalue weighted by molar-refractivity contribution is -0.126. The van der Waals surface area contributed by atoms with E-state index in [1.54, 1.807) is 40.8 Å². The summed E-state index contributed by atoms with van der Waals surface area (Å²) in [5.41, 5.74) is 3.26. The zero-order valence-electron chi connectivity index (χ0n) is 22.0. The fourth-order valence-electron chi connectivity index (χ4n) is 4.70. The van der Waals surface area contributed by atoms with Crippen LogP contribution in [0.4, 0.5) is 21.7 Å². The number of pyridine rings is 1. The Hall–Kier alpha value is -5.13. The largest absolute Gasteiger partial charge is 0.457 e. The first-order chi connectivity index (χ1) is 19.4. The highest BCUT2D eigenvalue weighted by Gasteiger charge is 2.21.